The van der Waals surface area contributed by atoms with Crippen LogP contribution in [0.1, 0.15) is 28.7 Å². The number of nitrogens with one attached hydrogen (secondary N) is 1. The SMILES string of the molecule is CCn1cc(-c2ccc(Cl)cc2Cl)nc1/C=C/c1ccc(-c2ccc(Oc3ccc(C(=O)O)c(NS(C)(=O)=O)c3)cc2)cc1. The number of carbonyl (C=O) groups is 1. The second-order valence-corrected chi connectivity index (χ2v) is 12.5. The van der Waals surface area contributed by atoms with Crippen LogP contribution in [0.25, 0.3) is 34.5 Å². The maximum Gasteiger partial charge on any atom is 0.337 e. The van der Waals surface area contributed by atoms with Crippen molar-refractivity contribution in [2.75, 3.05) is 11.0 Å². The zero-order valence-electron chi connectivity index (χ0n) is 23.7. The summed E-state index contributed by atoms with van der Waals surface area (Å²) in [4.78, 5) is 16.2. The Morgan fingerprint density at radius 2 is 1.59 bits per heavy atom. The zero-order chi connectivity index (χ0) is 31.4. The number of benzene rings is 4. The second-order valence-electron chi connectivity index (χ2n) is 9.86. The van der Waals surface area contributed by atoms with Crippen molar-refractivity contribution in [3.63, 3.8) is 0 Å². The predicted molar refractivity (Wildman–Crippen MR) is 176 cm³/mol. The minimum Gasteiger partial charge on any atom is -0.478 e. The number of halogens is 2. The van der Waals surface area contributed by atoms with E-state index < -0.39 is 16.0 Å². The number of sulfonamides is 1. The van der Waals surface area contributed by atoms with Crippen LogP contribution in [0.4, 0.5) is 5.69 Å². The summed E-state index contributed by atoms with van der Waals surface area (Å²) in [5, 5.41) is 10.5. The molecule has 0 saturated carbocycles. The lowest BCUT2D eigenvalue weighted by Crippen LogP contribution is -2.13. The number of aromatic nitrogens is 2. The van der Waals surface area contributed by atoms with E-state index in [1.165, 1.54) is 18.2 Å². The molecule has 0 spiro atoms. The van der Waals surface area contributed by atoms with Crippen molar-refractivity contribution in [2.24, 2.45) is 0 Å². The molecule has 0 aliphatic carbocycles. The smallest absolute Gasteiger partial charge is 0.337 e. The molecule has 0 fully saturated rings. The van der Waals surface area contributed by atoms with Gasteiger partial charge >= 0.3 is 5.97 Å². The Morgan fingerprint density at radius 1 is 0.932 bits per heavy atom. The molecule has 44 heavy (non-hydrogen) atoms. The minimum atomic E-state index is -3.68. The highest BCUT2D eigenvalue weighted by atomic mass is 35.5. The molecule has 0 aliphatic rings. The molecule has 4 aromatic carbocycles. The highest BCUT2D eigenvalue weighted by Crippen LogP contribution is 2.31. The summed E-state index contributed by atoms with van der Waals surface area (Å²) >= 11 is 12.4. The fraction of sp³-hybridized carbons (Fsp3) is 0.0909. The normalized spacial score (nSPS) is 11.5. The van der Waals surface area contributed by atoms with Crippen molar-refractivity contribution < 1.29 is 23.1 Å². The lowest BCUT2D eigenvalue weighted by Gasteiger charge is -2.12. The largest absolute Gasteiger partial charge is 0.478 e. The van der Waals surface area contributed by atoms with Gasteiger partial charge in [0.05, 0.1) is 28.2 Å². The quantitative estimate of drug-likeness (QED) is 0.157. The highest BCUT2D eigenvalue weighted by Gasteiger charge is 2.15. The maximum absolute atomic E-state index is 11.7. The summed E-state index contributed by atoms with van der Waals surface area (Å²) in [5.41, 5.74) is 4.33. The van der Waals surface area contributed by atoms with Crippen LogP contribution in [0, 0.1) is 0 Å². The van der Waals surface area contributed by atoms with Crippen molar-refractivity contribution in [1.82, 2.24) is 9.55 Å². The van der Waals surface area contributed by atoms with Crippen LogP contribution in [-0.2, 0) is 16.6 Å². The topological polar surface area (TPSA) is 111 Å². The fourth-order valence-electron chi connectivity index (χ4n) is 4.51. The monoisotopic (exact) mass is 647 g/mol. The van der Waals surface area contributed by atoms with E-state index in [0.717, 1.165) is 46.6 Å². The van der Waals surface area contributed by atoms with Gasteiger partial charge in [0, 0.05) is 29.4 Å². The predicted octanol–water partition coefficient (Wildman–Crippen LogP) is 8.58. The third-order valence-corrected chi connectivity index (χ3v) is 7.77. The van der Waals surface area contributed by atoms with E-state index in [2.05, 4.69) is 16.2 Å². The number of nitrogens with zero attached hydrogens (tertiary/aromatic N) is 2. The Balaban J connectivity index is 1.28. The average molecular weight is 649 g/mol. The number of carboxylic acid groups (broad SMARTS) is 1. The summed E-state index contributed by atoms with van der Waals surface area (Å²) in [7, 11) is -3.68. The summed E-state index contributed by atoms with van der Waals surface area (Å²) < 4.78 is 33.5. The maximum atomic E-state index is 11.7. The van der Waals surface area contributed by atoms with Gasteiger partial charge < -0.3 is 14.4 Å². The molecule has 0 bridgehead atoms. The van der Waals surface area contributed by atoms with Gasteiger partial charge in [-0.1, -0.05) is 65.7 Å². The van der Waals surface area contributed by atoms with Crippen LogP contribution in [0.2, 0.25) is 10.0 Å². The molecule has 224 valence electrons. The van der Waals surface area contributed by atoms with Gasteiger partial charge in [0.1, 0.15) is 17.3 Å². The molecule has 2 N–H and O–H groups in total. The molecule has 0 unspecified atom stereocenters. The number of ether oxygens (including phenoxy) is 1. The lowest BCUT2D eigenvalue weighted by molar-refractivity contribution is 0.0698. The van der Waals surface area contributed by atoms with Gasteiger partial charge in [-0.15, -0.1) is 0 Å². The van der Waals surface area contributed by atoms with Gasteiger partial charge in [0.25, 0.3) is 0 Å². The van der Waals surface area contributed by atoms with Gasteiger partial charge in [-0.3, -0.25) is 4.72 Å². The molecule has 1 heterocycles. The van der Waals surface area contributed by atoms with Crippen LogP contribution in [-0.4, -0.2) is 35.3 Å². The van der Waals surface area contributed by atoms with E-state index in [-0.39, 0.29) is 17.0 Å². The van der Waals surface area contributed by atoms with Crippen LogP contribution >= 0.6 is 23.2 Å². The summed E-state index contributed by atoms with van der Waals surface area (Å²) in [6.07, 6.45) is 6.90. The van der Waals surface area contributed by atoms with Crippen LogP contribution in [0.15, 0.2) is 91.1 Å². The molecule has 0 saturated heterocycles. The molecule has 0 amide bonds. The van der Waals surface area contributed by atoms with Gasteiger partial charge in [0.2, 0.25) is 10.0 Å². The Kier molecular flexibility index (Phi) is 9.10. The number of aromatic carboxylic acids is 1. The molecule has 11 heteroatoms. The van der Waals surface area contributed by atoms with Crippen LogP contribution in [0.3, 0.4) is 0 Å². The molecule has 0 radical (unpaired) electrons. The number of aryl methyl sites for hydroxylation is 1. The van der Waals surface area contributed by atoms with E-state index in [1.807, 2.05) is 60.8 Å². The molecule has 0 aliphatic heterocycles. The van der Waals surface area contributed by atoms with Crippen molar-refractivity contribution in [1.29, 1.82) is 0 Å². The van der Waals surface area contributed by atoms with E-state index in [1.54, 1.807) is 24.3 Å². The van der Waals surface area contributed by atoms with Gasteiger partial charge in [0.15, 0.2) is 0 Å². The number of imidazole rings is 1. The van der Waals surface area contributed by atoms with Crippen LogP contribution < -0.4 is 9.46 Å². The van der Waals surface area contributed by atoms with E-state index in [4.69, 9.17) is 32.9 Å². The third-order valence-electron chi connectivity index (χ3n) is 6.63. The van der Waals surface area contributed by atoms with Gasteiger partial charge in [-0.2, -0.15) is 0 Å². The molecule has 8 nitrogen and oxygen atoms in total. The standard InChI is InChI=1S/C33H27Cl2N3O5S/c1-3-38-20-31(27-15-11-24(34)18-29(27)35)36-32(38)17-6-21-4-7-22(8-5-21)23-9-12-25(13-10-23)43-26-14-16-28(33(39)40)30(19-26)37-44(2,41)42/h4-20,37H,3H2,1-2H3,(H,39,40)/b17-6+. The summed E-state index contributed by atoms with van der Waals surface area (Å²) in [6, 6.07) is 24.9. The zero-order valence-corrected chi connectivity index (χ0v) is 26.0. The molecule has 5 aromatic rings. The van der Waals surface area contributed by atoms with Crippen LogP contribution in [0.5, 0.6) is 11.5 Å². The first-order chi connectivity index (χ1) is 21.0. The lowest BCUT2D eigenvalue weighted by atomic mass is 10.0. The second kappa shape index (κ2) is 13.0. The van der Waals surface area contributed by atoms with Crippen molar-refractivity contribution >= 4 is 57.0 Å². The van der Waals surface area contributed by atoms with E-state index in [9.17, 15) is 18.3 Å². The fourth-order valence-corrected chi connectivity index (χ4v) is 5.58. The molecule has 0 atom stereocenters. The van der Waals surface area contributed by atoms with Gasteiger partial charge in [-0.25, -0.2) is 18.2 Å². The Morgan fingerprint density at radius 3 is 2.20 bits per heavy atom. The third kappa shape index (κ3) is 7.49. The Labute approximate surface area is 265 Å². The van der Waals surface area contributed by atoms with E-state index >= 15 is 0 Å². The number of hydrogen-bond acceptors (Lipinski definition) is 5. The Bertz CT molecular complexity index is 1970. The molecule has 1 aromatic heterocycles. The Hall–Kier alpha value is -4.57. The first-order valence-corrected chi connectivity index (χ1v) is 16.1. The highest BCUT2D eigenvalue weighted by molar-refractivity contribution is 7.92. The first kappa shape index (κ1) is 30.9. The number of carboxylic acids is 1. The number of rotatable bonds is 10. The van der Waals surface area contributed by atoms with Crippen molar-refractivity contribution in [3.05, 3.63) is 118 Å². The molecular formula is C33H27Cl2N3O5S. The molecule has 5 rings (SSSR count). The number of anilines is 1. The first-order valence-electron chi connectivity index (χ1n) is 13.4. The summed E-state index contributed by atoms with van der Waals surface area (Å²) in [5.74, 6) is 0.351. The molecular weight excluding hydrogens is 621 g/mol. The summed E-state index contributed by atoms with van der Waals surface area (Å²) in [6.45, 7) is 2.81. The number of hydrogen-bond donors (Lipinski definition) is 2. The van der Waals surface area contributed by atoms with E-state index in [0.29, 0.717) is 15.8 Å². The van der Waals surface area contributed by atoms with Crippen molar-refractivity contribution in [2.45, 2.75) is 13.5 Å². The minimum absolute atomic E-state index is 0.0756. The van der Waals surface area contributed by atoms with Gasteiger partial charge in [-0.05, 0) is 72.2 Å². The van der Waals surface area contributed by atoms with Crippen molar-refractivity contribution in [3.8, 4) is 33.9 Å². The average Bonchev–Trinajstić information content (AvgIpc) is 3.39.